The minimum absolute atomic E-state index is 0.272. The fraction of sp³-hybridized carbons (Fsp3) is 0.120. The molecule has 0 radical (unpaired) electrons. The number of rotatable bonds is 7. The molecular formula is C25H24N6O2. The molecule has 4 aromatic rings. The van der Waals surface area contributed by atoms with E-state index in [0.29, 0.717) is 35.5 Å². The molecule has 0 bridgehead atoms. The zero-order valence-corrected chi connectivity index (χ0v) is 18.4. The van der Waals surface area contributed by atoms with Crippen molar-refractivity contribution < 1.29 is 9.53 Å². The van der Waals surface area contributed by atoms with Gasteiger partial charge in [-0.15, -0.1) is 0 Å². The zero-order valence-electron chi connectivity index (χ0n) is 18.4. The van der Waals surface area contributed by atoms with Crippen LogP contribution >= 0.6 is 0 Å². The number of aromatic nitrogens is 3. The highest BCUT2D eigenvalue weighted by Crippen LogP contribution is 2.32. The van der Waals surface area contributed by atoms with E-state index in [2.05, 4.69) is 30.9 Å². The van der Waals surface area contributed by atoms with E-state index in [1.165, 1.54) is 0 Å². The Morgan fingerprint density at radius 2 is 1.82 bits per heavy atom. The molecule has 8 heteroatoms. The minimum Gasteiger partial charge on any atom is -0.438 e. The third-order valence-corrected chi connectivity index (χ3v) is 4.88. The molecule has 2 heterocycles. The highest BCUT2D eigenvalue weighted by atomic mass is 16.5. The first-order valence-electron chi connectivity index (χ1n) is 10.5. The van der Waals surface area contributed by atoms with Crippen molar-refractivity contribution in [1.82, 2.24) is 20.3 Å². The van der Waals surface area contributed by atoms with Gasteiger partial charge in [0.05, 0.1) is 11.3 Å². The van der Waals surface area contributed by atoms with Crippen molar-refractivity contribution in [3.63, 3.8) is 0 Å². The third-order valence-electron chi connectivity index (χ3n) is 4.88. The maximum Gasteiger partial charge on any atom is 0.319 e. The second-order valence-electron chi connectivity index (χ2n) is 7.24. The highest BCUT2D eigenvalue weighted by molar-refractivity contribution is 5.90. The van der Waals surface area contributed by atoms with Gasteiger partial charge in [0, 0.05) is 31.7 Å². The van der Waals surface area contributed by atoms with Crippen molar-refractivity contribution in [2.75, 3.05) is 17.7 Å². The Bertz CT molecular complexity index is 1250. The normalized spacial score (nSPS) is 10.4. The van der Waals surface area contributed by atoms with E-state index in [1.807, 2.05) is 55.5 Å². The van der Waals surface area contributed by atoms with Gasteiger partial charge in [-0.25, -0.2) is 19.7 Å². The van der Waals surface area contributed by atoms with Gasteiger partial charge in [0.15, 0.2) is 0 Å². The Hall–Kier alpha value is -4.46. The van der Waals surface area contributed by atoms with Crippen LogP contribution in [-0.4, -0.2) is 28.0 Å². The molecule has 0 unspecified atom stereocenters. The Kier molecular flexibility index (Phi) is 6.75. The number of ether oxygens (including phenoxy) is 1. The molecule has 0 aliphatic heterocycles. The molecule has 0 saturated carbocycles. The number of carbonyl (C=O) groups excluding carboxylic acids is 1. The summed E-state index contributed by atoms with van der Waals surface area (Å²) >= 11 is 0. The van der Waals surface area contributed by atoms with Gasteiger partial charge in [-0.1, -0.05) is 30.3 Å². The summed E-state index contributed by atoms with van der Waals surface area (Å²) in [6, 6.07) is 20.4. The topological polar surface area (TPSA) is 101 Å². The molecule has 2 amide bonds. The SMILES string of the molecule is CNc1nccc(-c2cccnc2Oc2ccc(NC(=O)NCc3ccccc3)c(C)c2)n1. The molecule has 0 spiro atoms. The van der Waals surface area contributed by atoms with Crippen LogP contribution in [0.3, 0.4) is 0 Å². The predicted molar refractivity (Wildman–Crippen MR) is 128 cm³/mol. The quantitative estimate of drug-likeness (QED) is 0.374. The molecule has 0 aliphatic carbocycles. The van der Waals surface area contributed by atoms with Crippen molar-refractivity contribution in [1.29, 1.82) is 0 Å². The van der Waals surface area contributed by atoms with Gasteiger partial charge in [0.2, 0.25) is 11.8 Å². The smallest absolute Gasteiger partial charge is 0.319 e. The van der Waals surface area contributed by atoms with E-state index in [4.69, 9.17) is 4.74 Å². The highest BCUT2D eigenvalue weighted by Gasteiger charge is 2.12. The first-order chi connectivity index (χ1) is 16.1. The van der Waals surface area contributed by atoms with Crippen LogP contribution in [0.5, 0.6) is 11.6 Å². The summed E-state index contributed by atoms with van der Waals surface area (Å²) in [4.78, 5) is 25.3. The van der Waals surface area contributed by atoms with Crippen LogP contribution < -0.4 is 20.7 Å². The monoisotopic (exact) mass is 440 g/mol. The van der Waals surface area contributed by atoms with E-state index in [-0.39, 0.29) is 6.03 Å². The second-order valence-corrected chi connectivity index (χ2v) is 7.24. The Balaban J connectivity index is 1.45. The van der Waals surface area contributed by atoms with Crippen LogP contribution in [0.15, 0.2) is 79.1 Å². The molecule has 3 N–H and O–H groups in total. The molecular weight excluding hydrogens is 416 g/mol. The Morgan fingerprint density at radius 3 is 2.61 bits per heavy atom. The molecule has 0 saturated heterocycles. The lowest BCUT2D eigenvalue weighted by Crippen LogP contribution is -2.28. The first-order valence-corrected chi connectivity index (χ1v) is 10.5. The summed E-state index contributed by atoms with van der Waals surface area (Å²) in [6.45, 7) is 2.36. The number of carbonyl (C=O) groups is 1. The molecule has 0 atom stereocenters. The predicted octanol–water partition coefficient (Wildman–Crippen LogP) is 5.00. The summed E-state index contributed by atoms with van der Waals surface area (Å²) in [7, 11) is 1.76. The molecule has 166 valence electrons. The van der Waals surface area contributed by atoms with Gasteiger partial charge < -0.3 is 20.7 Å². The maximum atomic E-state index is 12.3. The van der Waals surface area contributed by atoms with Crippen LogP contribution in [0, 0.1) is 6.92 Å². The lowest BCUT2D eigenvalue weighted by atomic mass is 10.2. The number of anilines is 2. The number of nitrogens with one attached hydrogen (secondary N) is 3. The maximum absolute atomic E-state index is 12.3. The molecule has 2 aromatic heterocycles. The molecule has 2 aromatic carbocycles. The summed E-state index contributed by atoms with van der Waals surface area (Å²) in [5, 5.41) is 8.66. The molecule has 33 heavy (non-hydrogen) atoms. The Labute approximate surface area is 192 Å². The number of benzene rings is 2. The lowest BCUT2D eigenvalue weighted by Gasteiger charge is -2.13. The third kappa shape index (κ3) is 5.62. The van der Waals surface area contributed by atoms with Crippen LogP contribution in [-0.2, 0) is 6.54 Å². The molecule has 0 fully saturated rings. The van der Waals surface area contributed by atoms with Crippen molar-refractivity contribution in [3.8, 4) is 22.9 Å². The van der Waals surface area contributed by atoms with Gasteiger partial charge in [0.25, 0.3) is 0 Å². The van der Waals surface area contributed by atoms with Crippen LogP contribution in [0.2, 0.25) is 0 Å². The lowest BCUT2D eigenvalue weighted by molar-refractivity contribution is 0.251. The summed E-state index contributed by atoms with van der Waals surface area (Å²) in [5.74, 6) is 1.55. The number of hydrogen-bond donors (Lipinski definition) is 3. The average molecular weight is 441 g/mol. The van der Waals surface area contributed by atoms with E-state index < -0.39 is 0 Å². The second kappa shape index (κ2) is 10.2. The van der Waals surface area contributed by atoms with Crippen molar-refractivity contribution >= 4 is 17.7 Å². The van der Waals surface area contributed by atoms with Crippen LogP contribution in [0.25, 0.3) is 11.3 Å². The largest absolute Gasteiger partial charge is 0.438 e. The van der Waals surface area contributed by atoms with Gasteiger partial charge in [-0.05, 0) is 54.4 Å². The summed E-state index contributed by atoms with van der Waals surface area (Å²) in [5.41, 5.74) is 4.03. The minimum atomic E-state index is -0.272. The number of hydrogen-bond acceptors (Lipinski definition) is 6. The number of aryl methyl sites for hydroxylation is 1. The standard InChI is InChI=1S/C25H24N6O2/c1-17-15-19(10-11-21(17)31-25(32)29-16-18-7-4-3-5-8-18)33-23-20(9-6-13-27-23)22-12-14-28-24(26-2)30-22/h3-15H,16H2,1-2H3,(H,26,28,30)(H2,29,31,32). The van der Waals surface area contributed by atoms with Crippen molar-refractivity contribution in [2.24, 2.45) is 0 Å². The number of urea groups is 1. The molecule has 0 aliphatic rings. The zero-order chi connectivity index (χ0) is 23.0. The van der Waals surface area contributed by atoms with Gasteiger partial charge in [-0.3, -0.25) is 0 Å². The molecule has 8 nitrogen and oxygen atoms in total. The Morgan fingerprint density at radius 1 is 0.970 bits per heavy atom. The fourth-order valence-electron chi connectivity index (χ4n) is 3.19. The number of nitrogens with zero attached hydrogens (tertiary/aromatic N) is 3. The molecule has 4 rings (SSSR count). The van der Waals surface area contributed by atoms with Crippen LogP contribution in [0.4, 0.5) is 16.4 Å². The van der Waals surface area contributed by atoms with Gasteiger partial charge in [-0.2, -0.15) is 0 Å². The van der Waals surface area contributed by atoms with E-state index >= 15 is 0 Å². The summed E-state index contributed by atoms with van der Waals surface area (Å²) in [6.07, 6.45) is 3.34. The van der Waals surface area contributed by atoms with E-state index in [0.717, 1.165) is 16.7 Å². The van der Waals surface area contributed by atoms with Gasteiger partial charge in [0.1, 0.15) is 5.75 Å². The number of amides is 2. The fourth-order valence-corrected chi connectivity index (χ4v) is 3.19. The van der Waals surface area contributed by atoms with Crippen LogP contribution in [0.1, 0.15) is 11.1 Å². The first kappa shape index (κ1) is 21.8. The van der Waals surface area contributed by atoms with Crippen molar-refractivity contribution in [2.45, 2.75) is 13.5 Å². The van der Waals surface area contributed by atoms with Gasteiger partial charge >= 0.3 is 6.03 Å². The average Bonchev–Trinajstić information content (AvgIpc) is 2.85. The van der Waals surface area contributed by atoms with E-state index in [1.54, 1.807) is 37.6 Å². The van der Waals surface area contributed by atoms with Crippen molar-refractivity contribution in [3.05, 3.63) is 90.3 Å². The van der Waals surface area contributed by atoms with E-state index in [9.17, 15) is 4.79 Å². The summed E-state index contributed by atoms with van der Waals surface area (Å²) < 4.78 is 6.06. The number of pyridine rings is 1.